The quantitative estimate of drug-likeness (QED) is 0.247. The number of benzene rings is 4. The van der Waals surface area contributed by atoms with E-state index in [0.717, 1.165) is 37.8 Å². The molecular weight excluding hydrogens is 596 g/mol. The van der Waals surface area contributed by atoms with Crippen LogP contribution in [-0.4, -0.2) is 60.6 Å². The molecule has 1 amide bonds. The molecule has 210 valence electrons. The number of H-pyrrole nitrogens is 1. The fourth-order valence-electron chi connectivity index (χ4n) is 5.36. The summed E-state index contributed by atoms with van der Waals surface area (Å²) in [5.41, 5.74) is 4.59. The lowest BCUT2D eigenvalue weighted by Gasteiger charge is -2.32. The number of aromatic amines is 1. The molecule has 1 aliphatic rings. The SMILES string of the molecule is O=C(c1ccc2nc(-c3ccc4ccccc4c3)[nH]c2c1)N1CCOC(c2cn(C[C@H](O)c3cccc(Br)c3)nn2)C1. The highest BCUT2D eigenvalue weighted by Crippen LogP contribution is 2.27. The Morgan fingerprint density at radius 3 is 2.81 bits per heavy atom. The van der Waals surface area contributed by atoms with E-state index in [-0.39, 0.29) is 12.5 Å². The number of rotatable bonds is 6. The Hall–Kier alpha value is -4.38. The zero-order valence-corrected chi connectivity index (χ0v) is 24.1. The first kappa shape index (κ1) is 26.5. The predicted octanol–water partition coefficient (Wildman–Crippen LogP) is 5.68. The largest absolute Gasteiger partial charge is 0.386 e. The number of aliphatic hydroxyl groups excluding tert-OH is 1. The number of ether oxygens (including phenoxy) is 1. The van der Waals surface area contributed by atoms with Crippen LogP contribution in [0.3, 0.4) is 0 Å². The number of aliphatic hydroxyl groups is 1. The van der Waals surface area contributed by atoms with Crippen LogP contribution in [0.2, 0.25) is 0 Å². The molecule has 2 aromatic heterocycles. The van der Waals surface area contributed by atoms with Crippen molar-refractivity contribution in [2.45, 2.75) is 18.8 Å². The highest BCUT2D eigenvalue weighted by molar-refractivity contribution is 9.10. The molecule has 2 atom stereocenters. The summed E-state index contributed by atoms with van der Waals surface area (Å²) >= 11 is 3.44. The predicted molar refractivity (Wildman–Crippen MR) is 163 cm³/mol. The van der Waals surface area contributed by atoms with Gasteiger partial charge in [0.25, 0.3) is 5.91 Å². The minimum absolute atomic E-state index is 0.0791. The molecule has 42 heavy (non-hydrogen) atoms. The van der Waals surface area contributed by atoms with Crippen molar-refractivity contribution in [2.75, 3.05) is 19.7 Å². The average Bonchev–Trinajstić information content (AvgIpc) is 3.67. The van der Waals surface area contributed by atoms with Crippen molar-refractivity contribution in [2.24, 2.45) is 0 Å². The first-order valence-electron chi connectivity index (χ1n) is 13.7. The van der Waals surface area contributed by atoms with Crippen molar-refractivity contribution < 1.29 is 14.6 Å². The smallest absolute Gasteiger partial charge is 0.254 e. The lowest BCUT2D eigenvalue weighted by Crippen LogP contribution is -2.42. The van der Waals surface area contributed by atoms with Gasteiger partial charge in [-0.25, -0.2) is 9.67 Å². The van der Waals surface area contributed by atoms with Crippen LogP contribution in [0.4, 0.5) is 0 Å². The Morgan fingerprint density at radius 2 is 1.93 bits per heavy atom. The summed E-state index contributed by atoms with van der Waals surface area (Å²) < 4.78 is 8.46. The van der Waals surface area contributed by atoms with E-state index in [1.165, 1.54) is 5.39 Å². The number of carbonyl (C=O) groups excluding carboxylic acids is 1. The van der Waals surface area contributed by atoms with Gasteiger partial charge in [0, 0.05) is 22.1 Å². The van der Waals surface area contributed by atoms with Crippen molar-refractivity contribution >= 4 is 43.6 Å². The Balaban J connectivity index is 1.05. The van der Waals surface area contributed by atoms with Gasteiger partial charge in [-0.1, -0.05) is 69.7 Å². The summed E-state index contributed by atoms with van der Waals surface area (Å²) in [5, 5.41) is 21.4. The van der Waals surface area contributed by atoms with E-state index in [9.17, 15) is 9.90 Å². The number of halogens is 1. The van der Waals surface area contributed by atoms with Crippen LogP contribution in [-0.2, 0) is 11.3 Å². The van der Waals surface area contributed by atoms with Gasteiger partial charge >= 0.3 is 0 Å². The monoisotopic (exact) mass is 622 g/mol. The van der Waals surface area contributed by atoms with Gasteiger partial charge < -0.3 is 19.7 Å². The first-order valence-corrected chi connectivity index (χ1v) is 14.5. The molecule has 4 aromatic carbocycles. The van der Waals surface area contributed by atoms with Gasteiger partial charge in [-0.05, 0) is 52.7 Å². The van der Waals surface area contributed by atoms with Crippen molar-refractivity contribution in [3.63, 3.8) is 0 Å². The first-order chi connectivity index (χ1) is 20.5. The topological polar surface area (TPSA) is 109 Å². The van der Waals surface area contributed by atoms with Gasteiger partial charge in [0.15, 0.2) is 0 Å². The molecule has 1 saturated heterocycles. The van der Waals surface area contributed by atoms with E-state index in [2.05, 4.69) is 61.6 Å². The molecule has 3 heterocycles. The highest BCUT2D eigenvalue weighted by atomic mass is 79.9. The number of nitrogens with zero attached hydrogens (tertiary/aromatic N) is 5. The molecule has 2 N–H and O–H groups in total. The maximum atomic E-state index is 13.5. The van der Waals surface area contributed by atoms with Crippen LogP contribution in [0.15, 0.2) is 95.6 Å². The van der Waals surface area contributed by atoms with Crippen LogP contribution < -0.4 is 0 Å². The fourth-order valence-corrected chi connectivity index (χ4v) is 5.77. The molecule has 1 unspecified atom stereocenters. The number of fused-ring (bicyclic) bond motifs is 2. The van der Waals surface area contributed by atoms with Gasteiger partial charge in [0.1, 0.15) is 17.6 Å². The van der Waals surface area contributed by atoms with Crippen molar-refractivity contribution in [3.05, 3.63) is 112 Å². The molecule has 1 aliphatic heterocycles. The third kappa shape index (κ3) is 5.32. The van der Waals surface area contributed by atoms with Crippen molar-refractivity contribution in [1.29, 1.82) is 0 Å². The van der Waals surface area contributed by atoms with Crippen LogP contribution in [0.25, 0.3) is 33.2 Å². The minimum atomic E-state index is -0.735. The van der Waals surface area contributed by atoms with Crippen molar-refractivity contribution in [3.8, 4) is 11.4 Å². The van der Waals surface area contributed by atoms with Crippen molar-refractivity contribution in [1.82, 2.24) is 29.9 Å². The summed E-state index contributed by atoms with van der Waals surface area (Å²) in [4.78, 5) is 23.5. The van der Waals surface area contributed by atoms with Gasteiger partial charge in [-0.15, -0.1) is 5.10 Å². The number of hydrogen-bond acceptors (Lipinski definition) is 6. The normalized spacial score (nSPS) is 16.2. The Labute approximate surface area is 249 Å². The maximum Gasteiger partial charge on any atom is 0.254 e. The van der Waals surface area contributed by atoms with E-state index in [1.807, 2.05) is 54.6 Å². The summed E-state index contributed by atoms with van der Waals surface area (Å²) in [6.07, 6.45) is 0.626. The maximum absolute atomic E-state index is 13.5. The second kappa shape index (κ2) is 11.1. The zero-order valence-electron chi connectivity index (χ0n) is 22.5. The van der Waals surface area contributed by atoms with Crippen LogP contribution in [0.1, 0.15) is 33.8 Å². The number of amides is 1. The Bertz CT molecular complexity index is 1920. The summed E-state index contributed by atoms with van der Waals surface area (Å²) in [5.74, 6) is 0.685. The molecule has 0 saturated carbocycles. The summed E-state index contributed by atoms with van der Waals surface area (Å²) in [6.45, 7) is 1.48. The van der Waals surface area contributed by atoms with E-state index >= 15 is 0 Å². The van der Waals surface area contributed by atoms with Crippen LogP contribution in [0, 0.1) is 0 Å². The van der Waals surface area contributed by atoms with Crippen LogP contribution >= 0.6 is 15.9 Å². The number of nitrogens with one attached hydrogen (secondary N) is 1. The molecule has 0 aliphatic carbocycles. The molecule has 7 rings (SSSR count). The number of carbonyl (C=O) groups is 1. The average molecular weight is 624 g/mol. The second-order valence-electron chi connectivity index (χ2n) is 10.4. The number of morpholine rings is 1. The lowest BCUT2D eigenvalue weighted by atomic mass is 10.1. The zero-order chi connectivity index (χ0) is 28.6. The molecule has 0 bridgehead atoms. The molecule has 1 fully saturated rings. The van der Waals surface area contributed by atoms with E-state index in [0.29, 0.717) is 31.0 Å². The standard InChI is InChI=1S/C32H27BrN6O3/c33-25-7-3-6-22(15-25)29(40)18-39-17-28(36-37-39)30-19-38(12-13-42-30)32(41)24-10-11-26-27(16-24)35-31(34-26)23-9-8-20-4-1-2-5-21(20)14-23/h1-11,14-17,29-30,40H,12-13,18-19H2,(H,34,35)/t29-,30?/m0/s1. The number of hydrogen-bond donors (Lipinski definition) is 2. The summed E-state index contributed by atoms with van der Waals surface area (Å²) in [7, 11) is 0. The van der Waals surface area contributed by atoms with Crippen LogP contribution in [0.5, 0.6) is 0 Å². The molecule has 0 spiro atoms. The molecule has 9 nitrogen and oxygen atoms in total. The third-order valence-corrected chi connectivity index (χ3v) is 8.08. The minimum Gasteiger partial charge on any atom is -0.386 e. The van der Waals surface area contributed by atoms with E-state index in [4.69, 9.17) is 9.72 Å². The van der Waals surface area contributed by atoms with Gasteiger partial charge in [-0.3, -0.25) is 4.79 Å². The van der Waals surface area contributed by atoms with Gasteiger partial charge in [0.05, 0.1) is 43.0 Å². The Morgan fingerprint density at radius 1 is 1.05 bits per heavy atom. The molecule has 6 aromatic rings. The fraction of sp³-hybridized carbons (Fsp3) is 0.188. The molecular formula is C32H27BrN6O3. The Kier molecular flexibility index (Phi) is 7.02. The number of imidazole rings is 1. The lowest BCUT2D eigenvalue weighted by molar-refractivity contribution is -0.0247. The van der Waals surface area contributed by atoms with E-state index in [1.54, 1.807) is 15.8 Å². The number of aromatic nitrogens is 5. The van der Waals surface area contributed by atoms with E-state index < -0.39 is 12.2 Å². The van der Waals surface area contributed by atoms with Gasteiger partial charge in [0.2, 0.25) is 0 Å². The third-order valence-electron chi connectivity index (χ3n) is 7.59. The second-order valence-corrected chi connectivity index (χ2v) is 11.3. The molecule has 10 heteroatoms. The highest BCUT2D eigenvalue weighted by Gasteiger charge is 2.28. The van der Waals surface area contributed by atoms with Gasteiger partial charge in [-0.2, -0.15) is 0 Å². The molecule has 0 radical (unpaired) electrons. The summed E-state index contributed by atoms with van der Waals surface area (Å²) in [6, 6.07) is 27.6.